The summed E-state index contributed by atoms with van der Waals surface area (Å²) in [6.45, 7) is 6.39. The van der Waals surface area contributed by atoms with E-state index < -0.39 is 18.2 Å². The van der Waals surface area contributed by atoms with Crippen LogP contribution in [0.1, 0.15) is 239 Å². The molecule has 0 saturated heterocycles. The number of unbranched alkanes of at least 4 members (excludes halogenated alkanes) is 20. The van der Waals surface area contributed by atoms with E-state index >= 15 is 0 Å². The SMILES string of the molecule is CCCCC/C=C\C/C=C\C/C=C\C/C=C\CCCCCC(=O)OC(CCCC/C=C\C/C=C\C/C=C\CCCCC)CC(=O)NC(CO)C(O)CCCCCCCCCCCC. The van der Waals surface area contributed by atoms with Gasteiger partial charge < -0.3 is 20.3 Å². The Balaban J connectivity index is 4.71. The molecular weight excluding hydrogens is 779 g/mol. The van der Waals surface area contributed by atoms with Crippen molar-refractivity contribution < 1.29 is 24.5 Å². The summed E-state index contributed by atoms with van der Waals surface area (Å²) in [4.78, 5) is 26.1. The molecule has 0 bridgehead atoms. The standard InChI is InChI=1S/C57H99NO5/c1-4-7-10-13-16-19-22-24-26-27-28-29-31-33-35-38-41-44-47-50-57(62)63-53(48-45-42-39-36-34-32-30-25-23-20-17-14-11-8-5-2)51-56(61)58-54(52-59)55(60)49-46-43-40-37-21-18-15-12-9-6-3/h16-17,19-20,24-26,28-30,33-36,53-55,59-60H,4-15,18,21-23,27,31-32,37-52H2,1-3H3,(H,58,61)/b19-16-,20-17-,26-24-,29-28-,30-25-,35-33-,36-34-. The fraction of sp³-hybridized carbons (Fsp3) is 0.719. The minimum Gasteiger partial charge on any atom is -0.462 e. The molecule has 3 N–H and O–H groups in total. The van der Waals surface area contributed by atoms with E-state index in [0.29, 0.717) is 19.3 Å². The molecule has 3 unspecified atom stereocenters. The Labute approximate surface area is 389 Å². The Morgan fingerprint density at radius 3 is 1.25 bits per heavy atom. The molecule has 0 aromatic rings. The van der Waals surface area contributed by atoms with Gasteiger partial charge in [0.15, 0.2) is 0 Å². The molecule has 6 nitrogen and oxygen atoms in total. The summed E-state index contributed by atoms with van der Waals surface area (Å²) in [6, 6.07) is -0.724. The molecule has 0 aromatic heterocycles. The van der Waals surface area contributed by atoms with Crippen LogP contribution in [0, 0.1) is 0 Å². The number of aliphatic hydroxyl groups is 2. The highest BCUT2D eigenvalue weighted by molar-refractivity contribution is 5.77. The molecule has 362 valence electrons. The molecule has 1 amide bonds. The fourth-order valence-electron chi connectivity index (χ4n) is 7.42. The second kappa shape index (κ2) is 50.0. The van der Waals surface area contributed by atoms with Crippen molar-refractivity contribution >= 4 is 11.9 Å². The zero-order valence-corrected chi connectivity index (χ0v) is 41.2. The summed E-state index contributed by atoms with van der Waals surface area (Å²) in [5.74, 6) is -0.553. The Morgan fingerprint density at radius 1 is 0.460 bits per heavy atom. The number of nitrogens with one attached hydrogen (secondary N) is 1. The van der Waals surface area contributed by atoms with E-state index in [-0.39, 0.29) is 24.9 Å². The fourth-order valence-corrected chi connectivity index (χ4v) is 7.42. The first-order valence-electron chi connectivity index (χ1n) is 26.3. The maximum absolute atomic E-state index is 13.2. The van der Waals surface area contributed by atoms with Crippen molar-refractivity contribution in [2.45, 2.75) is 257 Å². The number of hydrogen-bond acceptors (Lipinski definition) is 5. The van der Waals surface area contributed by atoms with Crippen LogP contribution >= 0.6 is 0 Å². The van der Waals surface area contributed by atoms with E-state index in [2.05, 4.69) is 111 Å². The Bertz CT molecular complexity index is 1210. The number of allylic oxidation sites excluding steroid dienone is 14. The normalized spacial score (nSPS) is 13.9. The number of carbonyl (C=O) groups is 2. The molecule has 0 aromatic carbocycles. The molecule has 0 aliphatic carbocycles. The number of amides is 1. The molecule has 6 heteroatoms. The Hall–Kier alpha value is -2.96. The maximum Gasteiger partial charge on any atom is 0.306 e. The van der Waals surface area contributed by atoms with Crippen molar-refractivity contribution in [1.82, 2.24) is 5.32 Å². The summed E-state index contributed by atoms with van der Waals surface area (Å²) in [7, 11) is 0. The predicted octanol–water partition coefficient (Wildman–Crippen LogP) is 16.0. The lowest BCUT2D eigenvalue weighted by Crippen LogP contribution is -2.46. The first-order chi connectivity index (χ1) is 31.0. The number of hydrogen-bond donors (Lipinski definition) is 3. The van der Waals surface area contributed by atoms with E-state index in [4.69, 9.17) is 4.74 Å². The van der Waals surface area contributed by atoms with Gasteiger partial charge in [0.05, 0.1) is 25.2 Å². The number of ether oxygens (including phenoxy) is 1. The molecule has 0 rings (SSSR count). The van der Waals surface area contributed by atoms with Crippen molar-refractivity contribution in [3.63, 3.8) is 0 Å². The van der Waals surface area contributed by atoms with Crippen LogP contribution in [-0.2, 0) is 14.3 Å². The average Bonchev–Trinajstić information content (AvgIpc) is 3.28. The van der Waals surface area contributed by atoms with Crippen molar-refractivity contribution in [2.75, 3.05) is 6.61 Å². The van der Waals surface area contributed by atoms with Crippen LogP contribution in [0.15, 0.2) is 85.1 Å². The van der Waals surface area contributed by atoms with E-state index in [0.717, 1.165) is 96.3 Å². The first kappa shape index (κ1) is 60.0. The van der Waals surface area contributed by atoms with Crippen LogP contribution in [0.25, 0.3) is 0 Å². The highest BCUT2D eigenvalue weighted by Crippen LogP contribution is 2.16. The van der Waals surface area contributed by atoms with Crippen LogP contribution in [0.3, 0.4) is 0 Å². The monoisotopic (exact) mass is 878 g/mol. The smallest absolute Gasteiger partial charge is 0.306 e. The summed E-state index contributed by atoms with van der Waals surface area (Å²) < 4.78 is 5.90. The summed E-state index contributed by atoms with van der Waals surface area (Å²) in [5.41, 5.74) is 0. The Kier molecular flexibility index (Phi) is 47.7. The van der Waals surface area contributed by atoms with Gasteiger partial charge in [-0.25, -0.2) is 0 Å². The van der Waals surface area contributed by atoms with Crippen molar-refractivity contribution in [2.24, 2.45) is 0 Å². The highest BCUT2D eigenvalue weighted by atomic mass is 16.5. The van der Waals surface area contributed by atoms with Crippen LogP contribution < -0.4 is 5.32 Å². The van der Waals surface area contributed by atoms with Crippen molar-refractivity contribution in [1.29, 1.82) is 0 Å². The van der Waals surface area contributed by atoms with Gasteiger partial charge in [-0.15, -0.1) is 0 Å². The molecule has 63 heavy (non-hydrogen) atoms. The minimum absolute atomic E-state index is 0.0347. The third-order valence-electron chi connectivity index (χ3n) is 11.4. The van der Waals surface area contributed by atoms with Crippen LogP contribution in [0.5, 0.6) is 0 Å². The van der Waals surface area contributed by atoms with E-state index in [1.807, 2.05) is 0 Å². The van der Waals surface area contributed by atoms with Crippen molar-refractivity contribution in [3.8, 4) is 0 Å². The molecule has 0 heterocycles. The predicted molar refractivity (Wildman–Crippen MR) is 273 cm³/mol. The van der Waals surface area contributed by atoms with E-state index in [1.165, 1.54) is 96.3 Å². The van der Waals surface area contributed by atoms with Gasteiger partial charge in [-0.2, -0.15) is 0 Å². The minimum atomic E-state index is -0.807. The maximum atomic E-state index is 13.2. The zero-order chi connectivity index (χ0) is 45.9. The number of carbonyl (C=O) groups excluding carboxylic acids is 2. The van der Waals surface area contributed by atoms with Gasteiger partial charge >= 0.3 is 5.97 Å². The highest BCUT2D eigenvalue weighted by Gasteiger charge is 2.24. The van der Waals surface area contributed by atoms with Gasteiger partial charge in [-0.1, -0.05) is 202 Å². The van der Waals surface area contributed by atoms with Crippen LogP contribution in [-0.4, -0.2) is 46.9 Å². The lowest BCUT2D eigenvalue weighted by atomic mass is 10.0. The lowest BCUT2D eigenvalue weighted by molar-refractivity contribution is -0.151. The second-order valence-corrected chi connectivity index (χ2v) is 17.6. The third kappa shape index (κ3) is 45.4. The van der Waals surface area contributed by atoms with Crippen molar-refractivity contribution in [3.05, 3.63) is 85.1 Å². The van der Waals surface area contributed by atoms with Gasteiger partial charge in [0.1, 0.15) is 6.10 Å². The molecule has 0 aliphatic heterocycles. The number of aliphatic hydroxyl groups excluding tert-OH is 2. The molecule has 0 fully saturated rings. The second-order valence-electron chi connectivity index (χ2n) is 17.6. The van der Waals surface area contributed by atoms with Crippen LogP contribution in [0.4, 0.5) is 0 Å². The molecule has 0 spiro atoms. The molecule has 0 radical (unpaired) electrons. The van der Waals surface area contributed by atoms with Gasteiger partial charge in [0.2, 0.25) is 5.91 Å². The quantitative estimate of drug-likeness (QED) is 0.0322. The van der Waals surface area contributed by atoms with Gasteiger partial charge in [-0.3, -0.25) is 9.59 Å². The number of rotatable bonds is 46. The summed E-state index contributed by atoms with van der Waals surface area (Å²) >= 11 is 0. The van der Waals surface area contributed by atoms with E-state index in [9.17, 15) is 19.8 Å². The van der Waals surface area contributed by atoms with Gasteiger partial charge in [0, 0.05) is 6.42 Å². The largest absolute Gasteiger partial charge is 0.462 e. The van der Waals surface area contributed by atoms with Crippen LogP contribution in [0.2, 0.25) is 0 Å². The van der Waals surface area contributed by atoms with E-state index in [1.54, 1.807) is 0 Å². The number of esters is 1. The molecule has 0 aliphatic rings. The molecular formula is C57H99NO5. The lowest BCUT2D eigenvalue weighted by Gasteiger charge is -2.24. The zero-order valence-electron chi connectivity index (χ0n) is 41.2. The topological polar surface area (TPSA) is 95.9 Å². The first-order valence-corrected chi connectivity index (χ1v) is 26.3. The third-order valence-corrected chi connectivity index (χ3v) is 11.4. The summed E-state index contributed by atoms with van der Waals surface area (Å²) in [6.07, 6.45) is 65.0. The molecule has 0 saturated carbocycles. The average molecular weight is 878 g/mol. The van der Waals surface area contributed by atoms with Gasteiger partial charge in [0.25, 0.3) is 0 Å². The molecule has 3 atom stereocenters. The van der Waals surface area contributed by atoms with Gasteiger partial charge in [-0.05, 0) is 109 Å². The Morgan fingerprint density at radius 2 is 0.810 bits per heavy atom. The summed E-state index contributed by atoms with van der Waals surface area (Å²) in [5, 5.41) is 23.7.